The Labute approximate surface area is 106 Å². The summed E-state index contributed by atoms with van der Waals surface area (Å²) in [5.41, 5.74) is 6.83. The average molecular weight is 248 g/mol. The van der Waals surface area contributed by atoms with Crippen molar-refractivity contribution in [1.82, 2.24) is 14.8 Å². The molecule has 0 aliphatic carbocycles. The maximum Gasteiger partial charge on any atom is 0.138 e. The first-order valence-corrected chi connectivity index (χ1v) is 6.06. The molecule has 0 fully saturated rings. The number of rotatable bonds is 5. The number of aromatic nitrogens is 3. The van der Waals surface area contributed by atoms with Crippen molar-refractivity contribution in [2.24, 2.45) is 5.73 Å². The molecular formula is C13H17FN4. The lowest BCUT2D eigenvalue weighted by atomic mass is 9.95. The molecule has 0 bridgehead atoms. The molecule has 0 amide bonds. The van der Waals surface area contributed by atoms with E-state index in [0.717, 1.165) is 24.4 Å². The fraction of sp³-hybridized carbons (Fsp3) is 0.385. The summed E-state index contributed by atoms with van der Waals surface area (Å²) in [5.74, 6) is 0.823. The van der Waals surface area contributed by atoms with Gasteiger partial charge >= 0.3 is 0 Å². The van der Waals surface area contributed by atoms with Crippen molar-refractivity contribution in [3.8, 4) is 0 Å². The zero-order valence-electron chi connectivity index (χ0n) is 10.4. The van der Waals surface area contributed by atoms with Crippen LogP contribution in [0.5, 0.6) is 0 Å². The SMILES string of the molecule is CCn1ncnc1CC(CN)c1ccc(F)cc1. The smallest absolute Gasteiger partial charge is 0.138 e. The van der Waals surface area contributed by atoms with Crippen LogP contribution >= 0.6 is 0 Å². The first kappa shape index (κ1) is 12.7. The number of hydrogen-bond donors (Lipinski definition) is 1. The van der Waals surface area contributed by atoms with Gasteiger partial charge in [-0.05, 0) is 31.2 Å². The predicted molar refractivity (Wildman–Crippen MR) is 67.6 cm³/mol. The Kier molecular flexibility index (Phi) is 4.04. The topological polar surface area (TPSA) is 56.7 Å². The molecule has 2 rings (SSSR count). The highest BCUT2D eigenvalue weighted by Crippen LogP contribution is 2.19. The molecule has 1 atom stereocenters. The van der Waals surface area contributed by atoms with Crippen molar-refractivity contribution < 1.29 is 4.39 Å². The van der Waals surface area contributed by atoms with E-state index < -0.39 is 0 Å². The molecule has 0 aliphatic rings. The van der Waals surface area contributed by atoms with Gasteiger partial charge in [0, 0.05) is 18.9 Å². The molecule has 2 aromatic rings. The summed E-state index contributed by atoms with van der Waals surface area (Å²) in [6, 6.07) is 6.48. The largest absolute Gasteiger partial charge is 0.330 e. The minimum absolute atomic E-state index is 0.139. The molecule has 4 nitrogen and oxygen atoms in total. The van der Waals surface area contributed by atoms with Crippen molar-refractivity contribution in [3.05, 3.63) is 47.8 Å². The Bertz CT molecular complexity index is 492. The zero-order valence-corrected chi connectivity index (χ0v) is 10.4. The second kappa shape index (κ2) is 5.73. The fourth-order valence-electron chi connectivity index (χ4n) is 2.00. The second-order valence-electron chi connectivity index (χ2n) is 4.18. The van der Waals surface area contributed by atoms with Crippen LogP contribution in [0, 0.1) is 5.82 Å². The number of halogens is 1. The third kappa shape index (κ3) is 2.73. The summed E-state index contributed by atoms with van der Waals surface area (Å²) in [4.78, 5) is 4.24. The van der Waals surface area contributed by atoms with Gasteiger partial charge in [-0.25, -0.2) is 9.37 Å². The first-order valence-electron chi connectivity index (χ1n) is 6.06. The van der Waals surface area contributed by atoms with Crippen molar-refractivity contribution in [1.29, 1.82) is 0 Å². The highest BCUT2D eigenvalue weighted by Gasteiger charge is 2.14. The van der Waals surface area contributed by atoms with Crippen molar-refractivity contribution in [3.63, 3.8) is 0 Å². The van der Waals surface area contributed by atoms with Crippen molar-refractivity contribution in [2.45, 2.75) is 25.8 Å². The molecule has 0 saturated heterocycles. The fourth-order valence-corrected chi connectivity index (χ4v) is 2.00. The summed E-state index contributed by atoms with van der Waals surface area (Å²) in [7, 11) is 0. The van der Waals surface area contributed by atoms with Gasteiger partial charge in [-0.2, -0.15) is 5.10 Å². The number of nitrogens with two attached hydrogens (primary N) is 1. The van der Waals surface area contributed by atoms with E-state index in [4.69, 9.17) is 5.73 Å². The summed E-state index contributed by atoms with van der Waals surface area (Å²) in [6.07, 6.45) is 2.27. The van der Waals surface area contributed by atoms with E-state index in [-0.39, 0.29) is 11.7 Å². The zero-order chi connectivity index (χ0) is 13.0. The molecule has 96 valence electrons. The van der Waals surface area contributed by atoms with Crippen LogP contribution in [0.3, 0.4) is 0 Å². The quantitative estimate of drug-likeness (QED) is 0.876. The van der Waals surface area contributed by atoms with Gasteiger partial charge in [0.2, 0.25) is 0 Å². The molecule has 0 saturated carbocycles. The van der Waals surface area contributed by atoms with Crippen LogP contribution in [-0.4, -0.2) is 21.3 Å². The molecular weight excluding hydrogens is 231 g/mol. The van der Waals surface area contributed by atoms with Crippen LogP contribution in [0.4, 0.5) is 4.39 Å². The minimum Gasteiger partial charge on any atom is -0.330 e. The summed E-state index contributed by atoms with van der Waals surface area (Å²) < 4.78 is 14.7. The van der Waals surface area contributed by atoms with Crippen LogP contribution in [0.25, 0.3) is 0 Å². The molecule has 1 unspecified atom stereocenters. The molecule has 1 aromatic carbocycles. The monoisotopic (exact) mass is 248 g/mol. The number of hydrogen-bond acceptors (Lipinski definition) is 3. The third-order valence-electron chi connectivity index (χ3n) is 3.05. The Morgan fingerprint density at radius 2 is 2.06 bits per heavy atom. The van der Waals surface area contributed by atoms with Gasteiger partial charge in [0.1, 0.15) is 18.0 Å². The molecule has 18 heavy (non-hydrogen) atoms. The van der Waals surface area contributed by atoms with Crippen molar-refractivity contribution >= 4 is 0 Å². The van der Waals surface area contributed by atoms with Crippen LogP contribution in [0.2, 0.25) is 0 Å². The maximum atomic E-state index is 12.9. The van der Waals surface area contributed by atoms with Crippen molar-refractivity contribution in [2.75, 3.05) is 6.54 Å². The van der Waals surface area contributed by atoms with E-state index in [1.54, 1.807) is 18.5 Å². The minimum atomic E-state index is -0.230. The van der Waals surface area contributed by atoms with Crippen LogP contribution in [-0.2, 0) is 13.0 Å². The summed E-state index contributed by atoms with van der Waals surface area (Å²) in [6.45, 7) is 3.31. The predicted octanol–water partition coefficient (Wildman–Crippen LogP) is 1.72. The normalized spacial score (nSPS) is 12.6. The highest BCUT2D eigenvalue weighted by atomic mass is 19.1. The lowest BCUT2D eigenvalue weighted by molar-refractivity contribution is 0.574. The maximum absolute atomic E-state index is 12.9. The lowest BCUT2D eigenvalue weighted by Gasteiger charge is -2.15. The first-order chi connectivity index (χ1) is 8.74. The van der Waals surface area contributed by atoms with E-state index in [0.29, 0.717) is 6.54 Å². The van der Waals surface area contributed by atoms with Gasteiger partial charge in [0.05, 0.1) is 0 Å². The molecule has 5 heteroatoms. The number of aryl methyl sites for hydroxylation is 1. The van der Waals surface area contributed by atoms with Crippen LogP contribution in [0.15, 0.2) is 30.6 Å². The van der Waals surface area contributed by atoms with Gasteiger partial charge in [0.25, 0.3) is 0 Å². The molecule has 2 N–H and O–H groups in total. The van der Waals surface area contributed by atoms with E-state index in [1.165, 1.54) is 12.1 Å². The lowest BCUT2D eigenvalue weighted by Crippen LogP contribution is -2.17. The van der Waals surface area contributed by atoms with Crippen LogP contribution < -0.4 is 5.73 Å². The van der Waals surface area contributed by atoms with Gasteiger partial charge in [-0.15, -0.1) is 0 Å². The number of benzene rings is 1. The van der Waals surface area contributed by atoms with E-state index in [1.807, 2.05) is 11.6 Å². The Balaban J connectivity index is 2.17. The van der Waals surface area contributed by atoms with E-state index in [9.17, 15) is 4.39 Å². The van der Waals surface area contributed by atoms with Gasteiger partial charge < -0.3 is 5.73 Å². The van der Waals surface area contributed by atoms with E-state index in [2.05, 4.69) is 10.1 Å². The third-order valence-corrected chi connectivity index (χ3v) is 3.05. The molecule has 0 aliphatic heterocycles. The standard InChI is InChI=1S/C13H17FN4/c1-2-18-13(16-9-17-18)7-11(8-15)10-3-5-12(14)6-4-10/h3-6,9,11H,2,7-8,15H2,1H3. The molecule has 1 heterocycles. The summed E-state index contributed by atoms with van der Waals surface area (Å²) in [5, 5.41) is 4.13. The second-order valence-corrected chi connectivity index (χ2v) is 4.18. The Morgan fingerprint density at radius 1 is 1.33 bits per heavy atom. The van der Waals surface area contributed by atoms with Gasteiger partial charge in [-0.3, -0.25) is 4.68 Å². The van der Waals surface area contributed by atoms with Gasteiger partial charge in [0.15, 0.2) is 0 Å². The van der Waals surface area contributed by atoms with Gasteiger partial charge in [-0.1, -0.05) is 12.1 Å². The molecule has 0 radical (unpaired) electrons. The average Bonchev–Trinajstić information content (AvgIpc) is 2.84. The Morgan fingerprint density at radius 3 is 2.67 bits per heavy atom. The summed E-state index contributed by atoms with van der Waals surface area (Å²) >= 11 is 0. The Hall–Kier alpha value is -1.75. The number of nitrogens with zero attached hydrogens (tertiary/aromatic N) is 3. The van der Waals surface area contributed by atoms with Crippen LogP contribution in [0.1, 0.15) is 24.2 Å². The molecule has 1 aromatic heterocycles. The highest BCUT2D eigenvalue weighted by molar-refractivity contribution is 5.22. The molecule has 0 spiro atoms. The van der Waals surface area contributed by atoms with E-state index >= 15 is 0 Å².